The Kier molecular flexibility index (Phi) is 5.16. The Morgan fingerprint density at radius 3 is 2.56 bits per heavy atom. The van der Waals surface area contributed by atoms with Gasteiger partial charge in [0.2, 0.25) is 5.88 Å². The number of nitrogens with zero attached hydrogens (tertiary/aromatic N) is 3. The minimum absolute atomic E-state index is 0.640. The quantitative estimate of drug-likeness (QED) is 0.496. The van der Waals surface area contributed by atoms with E-state index in [1.54, 1.807) is 13.3 Å². The van der Waals surface area contributed by atoms with Gasteiger partial charge in [0, 0.05) is 52.8 Å². The second-order valence-corrected chi connectivity index (χ2v) is 7.32. The van der Waals surface area contributed by atoms with E-state index in [4.69, 9.17) is 4.74 Å². The van der Waals surface area contributed by atoms with Crippen molar-refractivity contribution in [2.24, 2.45) is 0 Å². The molecule has 0 spiro atoms. The molecule has 0 aromatic carbocycles. The number of nitrogens with one attached hydrogen (secondary N) is 1. The molecule has 0 aliphatic heterocycles. The first-order chi connectivity index (χ1) is 13.2. The van der Waals surface area contributed by atoms with Gasteiger partial charge in [0.05, 0.1) is 7.11 Å². The maximum Gasteiger partial charge on any atom is 0.212 e. The molecule has 6 heteroatoms. The van der Waals surface area contributed by atoms with Crippen molar-refractivity contribution in [3.63, 3.8) is 0 Å². The predicted octanol–water partition coefficient (Wildman–Crippen LogP) is 4.50. The van der Waals surface area contributed by atoms with Crippen LogP contribution in [0.2, 0.25) is 0 Å². The molecule has 27 heavy (non-hydrogen) atoms. The van der Waals surface area contributed by atoms with E-state index in [0.717, 1.165) is 40.5 Å². The molecule has 0 saturated heterocycles. The molecule has 4 aromatic heterocycles. The summed E-state index contributed by atoms with van der Waals surface area (Å²) in [4.78, 5) is 16.5. The highest BCUT2D eigenvalue weighted by Crippen LogP contribution is 2.22. The topological polar surface area (TPSA) is 63.7 Å². The number of aryl methyl sites for hydroxylation is 2. The summed E-state index contributed by atoms with van der Waals surface area (Å²) >= 11 is 3.49. The Morgan fingerprint density at radius 2 is 1.81 bits per heavy atom. The van der Waals surface area contributed by atoms with Crippen molar-refractivity contribution in [3.8, 4) is 5.88 Å². The molecule has 136 valence electrons. The lowest BCUT2D eigenvalue weighted by atomic mass is 10.1. The minimum atomic E-state index is 0.640. The molecule has 0 radical (unpaired) electrons. The van der Waals surface area contributed by atoms with E-state index in [1.165, 1.54) is 16.7 Å². The summed E-state index contributed by atoms with van der Waals surface area (Å²) in [5.41, 5.74) is 5.57. The van der Waals surface area contributed by atoms with Crippen molar-refractivity contribution in [3.05, 3.63) is 82.0 Å². The molecule has 0 aliphatic rings. The first-order valence-corrected chi connectivity index (χ1v) is 9.55. The highest BCUT2D eigenvalue weighted by Gasteiger charge is 2.07. The van der Waals surface area contributed by atoms with E-state index in [2.05, 4.69) is 54.1 Å². The summed E-state index contributed by atoms with van der Waals surface area (Å²) in [6.45, 7) is 0. The fourth-order valence-corrected chi connectivity index (χ4v) is 3.39. The Labute approximate surface area is 166 Å². The monoisotopic (exact) mass is 422 g/mol. The van der Waals surface area contributed by atoms with Gasteiger partial charge in [0.15, 0.2) is 0 Å². The van der Waals surface area contributed by atoms with Crippen LogP contribution >= 0.6 is 15.9 Å². The highest BCUT2D eigenvalue weighted by atomic mass is 79.9. The number of halogens is 1. The molecule has 4 heterocycles. The third-order valence-electron chi connectivity index (χ3n) is 4.54. The number of aromatic nitrogens is 4. The molecule has 0 fully saturated rings. The molecular weight excluding hydrogens is 404 g/mol. The number of ether oxygens (including phenoxy) is 1. The van der Waals surface area contributed by atoms with Gasteiger partial charge >= 0.3 is 0 Å². The standard InChI is InChI=1S/C21H19BrN4O/c1-27-20-7-4-14(10-24-20)2-5-18-6-3-15(11-23-18)8-16-12-25-21-19(16)9-17(22)13-26-21/h3-4,6-7,9-13H,2,5,8H2,1H3,(H,25,26). The third-order valence-corrected chi connectivity index (χ3v) is 4.97. The van der Waals surface area contributed by atoms with E-state index in [9.17, 15) is 0 Å². The van der Waals surface area contributed by atoms with Crippen LogP contribution in [0.1, 0.15) is 22.4 Å². The molecule has 0 atom stereocenters. The van der Waals surface area contributed by atoms with Crippen LogP contribution in [0.3, 0.4) is 0 Å². The lowest BCUT2D eigenvalue weighted by Crippen LogP contribution is -1.97. The van der Waals surface area contributed by atoms with Crippen molar-refractivity contribution in [1.29, 1.82) is 0 Å². The Balaban J connectivity index is 1.41. The number of pyridine rings is 3. The van der Waals surface area contributed by atoms with E-state index < -0.39 is 0 Å². The number of H-pyrrole nitrogens is 1. The molecule has 5 nitrogen and oxygen atoms in total. The Morgan fingerprint density at radius 1 is 0.963 bits per heavy atom. The normalized spacial score (nSPS) is 11.0. The lowest BCUT2D eigenvalue weighted by Gasteiger charge is -2.05. The third kappa shape index (κ3) is 4.17. The summed E-state index contributed by atoms with van der Waals surface area (Å²) in [7, 11) is 1.62. The number of hydrogen-bond donors (Lipinski definition) is 1. The van der Waals surface area contributed by atoms with Gasteiger partial charge in [-0.05, 0) is 57.6 Å². The Bertz CT molecular complexity index is 1040. The molecule has 4 rings (SSSR count). The van der Waals surface area contributed by atoms with Gasteiger partial charge < -0.3 is 9.72 Å². The molecule has 0 amide bonds. The summed E-state index contributed by atoms with van der Waals surface area (Å²) < 4.78 is 6.07. The van der Waals surface area contributed by atoms with Crippen LogP contribution in [0.5, 0.6) is 5.88 Å². The first-order valence-electron chi connectivity index (χ1n) is 8.75. The van der Waals surface area contributed by atoms with Crippen molar-refractivity contribution < 1.29 is 4.74 Å². The first kappa shape index (κ1) is 17.7. The molecule has 0 bridgehead atoms. The maximum atomic E-state index is 5.09. The van der Waals surface area contributed by atoms with Gasteiger partial charge in [-0.15, -0.1) is 0 Å². The number of hydrogen-bond acceptors (Lipinski definition) is 4. The Hall–Kier alpha value is -2.73. The average Bonchev–Trinajstić information content (AvgIpc) is 3.10. The van der Waals surface area contributed by atoms with Gasteiger partial charge in [-0.25, -0.2) is 9.97 Å². The molecule has 4 aromatic rings. The van der Waals surface area contributed by atoms with Gasteiger partial charge in [-0.2, -0.15) is 0 Å². The average molecular weight is 423 g/mol. The fourth-order valence-electron chi connectivity index (χ4n) is 3.06. The zero-order valence-electron chi connectivity index (χ0n) is 14.9. The van der Waals surface area contributed by atoms with Crippen LogP contribution < -0.4 is 4.74 Å². The minimum Gasteiger partial charge on any atom is -0.481 e. The fraction of sp³-hybridized carbons (Fsp3) is 0.190. The second kappa shape index (κ2) is 7.88. The number of aromatic amines is 1. The highest BCUT2D eigenvalue weighted by molar-refractivity contribution is 9.10. The summed E-state index contributed by atoms with van der Waals surface area (Å²) in [6, 6.07) is 10.3. The van der Waals surface area contributed by atoms with E-state index >= 15 is 0 Å². The summed E-state index contributed by atoms with van der Waals surface area (Å²) in [5.74, 6) is 0.640. The lowest BCUT2D eigenvalue weighted by molar-refractivity contribution is 0.397. The van der Waals surface area contributed by atoms with Crippen LogP contribution in [-0.4, -0.2) is 27.0 Å². The SMILES string of the molecule is COc1ccc(CCc2ccc(Cc3c[nH]c4ncc(Br)cc34)cn2)cn1. The van der Waals surface area contributed by atoms with Crippen LogP contribution in [0.25, 0.3) is 11.0 Å². The molecule has 1 N–H and O–H groups in total. The number of methoxy groups -OCH3 is 1. The molecule has 0 aliphatic carbocycles. The van der Waals surface area contributed by atoms with E-state index in [-0.39, 0.29) is 0 Å². The van der Waals surface area contributed by atoms with Crippen molar-refractivity contribution in [2.45, 2.75) is 19.3 Å². The molecule has 0 saturated carbocycles. The maximum absolute atomic E-state index is 5.09. The van der Waals surface area contributed by atoms with Crippen molar-refractivity contribution in [2.75, 3.05) is 7.11 Å². The number of rotatable bonds is 6. The van der Waals surface area contributed by atoms with Crippen molar-refractivity contribution in [1.82, 2.24) is 19.9 Å². The van der Waals surface area contributed by atoms with E-state index in [0.29, 0.717) is 5.88 Å². The zero-order chi connectivity index (χ0) is 18.6. The van der Waals surface area contributed by atoms with Crippen LogP contribution in [0.4, 0.5) is 0 Å². The van der Waals surface area contributed by atoms with Crippen molar-refractivity contribution >= 4 is 27.0 Å². The summed E-state index contributed by atoms with van der Waals surface area (Å²) in [6.07, 6.45) is 10.3. The largest absolute Gasteiger partial charge is 0.481 e. The summed E-state index contributed by atoms with van der Waals surface area (Å²) in [5, 5.41) is 1.14. The molecular formula is C21H19BrN4O. The zero-order valence-corrected chi connectivity index (χ0v) is 16.5. The van der Waals surface area contributed by atoms with E-state index in [1.807, 2.05) is 30.7 Å². The van der Waals surface area contributed by atoms with Gasteiger partial charge in [-0.3, -0.25) is 4.98 Å². The smallest absolute Gasteiger partial charge is 0.212 e. The van der Waals surface area contributed by atoms with Crippen LogP contribution in [0.15, 0.2) is 59.6 Å². The predicted molar refractivity (Wildman–Crippen MR) is 109 cm³/mol. The van der Waals surface area contributed by atoms with Gasteiger partial charge in [-0.1, -0.05) is 12.1 Å². The molecule has 0 unspecified atom stereocenters. The van der Waals surface area contributed by atoms with Crippen LogP contribution in [-0.2, 0) is 19.3 Å². The number of fused-ring (bicyclic) bond motifs is 1. The van der Waals surface area contributed by atoms with Gasteiger partial charge in [0.25, 0.3) is 0 Å². The van der Waals surface area contributed by atoms with Gasteiger partial charge in [0.1, 0.15) is 5.65 Å². The van der Waals surface area contributed by atoms with Crippen LogP contribution in [0, 0.1) is 0 Å². The second-order valence-electron chi connectivity index (χ2n) is 6.41.